The van der Waals surface area contributed by atoms with Crippen LogP contribution in [0.25, 0.3) is 65.5 Å². The lowest BCUT2D eigenvalue weighted by Gasteiger charge is -2.39. The first kappa shape index (κ1) is 28.4. The molecule has 0 saturated carbocycles. The summed E-state index contributed by atoms with van der Waals surface area (Å²) in [6.07, 6.45) is 0. The van der Waals surface area contributed by atoms with Crippen molar-refractivity contribution in [3.05, 3.63) is 186 Å². The Morgan fingerprint density at radius 2 is 0.922 bits per heavy atom. The lowest BCUT2D eigenvalue weighted by molar-refractivity contribution is 0.437. The highest BCUT2D eigenvalue weighted by Gasteiger charge is 2.51. The third kappa shape index (κ3) is 4.10. The Bertz CT molecular complexity index is 2740. The van der Waals surface area contributed by atoms with E-state index in [1.54, 1.807) is 11.3 Å². The average molecular weight is 670 g/mol. The second-order valence-corrected chi connectivity index (χ2v) is 14.2. The van der Waals surface area contributed by atoms with Gasteiger partial charge in [0.25, 0.3) is 0 Å². The smallest absolute Gasteiger partial charge is 0.164 e. The monoisotopic (exact) mass is 669 g/mol. The number of aromatic nitrogens is 3. The van der Waals surface area contributed by atoms with Crippen LogP contribution < -0.4 is 4.74 Å². The highest BCUT2D eigenvalue weighted by atomic mass is 32.1. The molecule has 51 heavy (non-hydrogen) atoms. The molecule has 9 aromatic rings. The van der Waals surface area contributed by atoms with Gasteiger partial charge in [0.05, 0.1) is 5.41 Å². The fourth-order valence-electron chi connectivity index (χ4n) is 8.20. The molecule has 0 saturated heterocycles. The van der Waals surface area contributed by atoms with Crippen molar-refractivity contribution in [3.63, 3.8) is 0 Å². The topological polar surface area (TPSA) is 47.9 Å². The van der Waals surface area contributed by atoms with Gasteiger partial charge in [0.2, 0.25) is 0 Å². The van der Waals surface area contributed by atoms with Crippen molar-refractivity contribution in [1.29, 1.82) is 0 Å². The number of thiophene rings is 1. The van der Waals surface area contributed by atoms with E-state index in [0.717, 1.165) is 33.8 Å². The molecule has 0 radical (unpaired) electrons. The van der Waals surface area contributed by atoms with E-state index in [4.69, 9.17) is 19.7 Å². The van der Waals surface area contributed by atoms with E-state index in [9.17, 15) is 0 Å². The van der Waals surface area contributed by atoms with Crippen LogP contribution in [0.1, 0.15) is 22.3 Å². The highest BCUT2D eigenvalue weighted by molar-refractivity contribution is 7.25. The predicted molar refractivity (Wildman–Crippen MR) is 206 cm³/mol. The largest absolute Gasteiger partial charge is 0.457 e. The third-order valence-electron chi connectivity index (χ3n) is 10.4. The van der Waals surface area contributed by atoms with Crippen LogP contribution in [0.4, 0.5) is 0 Å². The van der Waals surface area contributed by atoms with Gasteiger partial charge in [-0.2, -0.15) is 0 Å². The molecule has 0 unspecified atom stereocenters. The van der Waals surface area contributed by atoms with Crippen LogP contribution in [0.3, 0.4) is 0 Å². The number of nitrogens with zero attached hydrogens (tertiary/aromatic N) is 3. The Morgan fingerprint density at radius 1 is 0.392 bits per heavy atom. The Morgan fingerprint density at radius 3 is 1.57 bits per heavy atom. The Balaban J connectivity index is 1.16. The van der Waals surface area contributed by atoms with Gasteiger partial charge in [0.1, 0.15) is 11.5 Å². The molecule has 4 nitrogen and oxygen atoms in total. The standard InChI is InChI=1S/C46H27N3OS/c1-3-13-28(14-4-1)43-47-44(29-15-5-2-6-16-29)49-45(48-43)30-23-24-41-33(25-30)34-26-38-40(27-42(34)51-41)50-39-22-12-11-21-37(39)46(38)35-19-9-7-17-31(35)32-18-8-10-20-36(32)46/h1-27H. The summed E-state index contributed by atoms with van der Waals surface area (Å²) in [5, 5.41) is 2.37. The van der Waals surface area contributed by atoms with Crippen molar-refractivity contribution in [1.82, 2.24) is 15.0 Å². The van der Waals surface area contributed by atoms with Gasteiger partial charge in [0.15, 0.2) is 17.5 Å². The Kier molecular flexibility index (Phi) is 6.01. The van der Waals surface area contributed by atoms with Crippen molar-refractivity contribution in [2.75, 3.05) is 0 Å². The predicted octanol–water partition coefficient (Wildman–Crippen LogP) is 11.7. The number of ether oxygens (including phenoxy) is 1. The Labute approximate surface area is 298 Å². The molecule has 11 rings (SSSR count). The zero-order valence-electron chi connectivity index (χ0n) is 27.2. The summed E-state index contributed by atoms with van der Waals surface area (Å²) in [6, 6.07) is 57.7. The van der Waals surface area contributed by atoms with E-state index in [2.05, 4.69) is 103 Å². The quantitative estimate of drug-likeness (QED) is 0.188. The number of fused-ring (bicyclic) bond motifs is 12. The van der Waals surface area contributed by atoms with E-state index in [-0.39, 0.29) is 0 Å². The third-order valence-corrected chi connectivity index (χ3v) is 11.5. The number of hydrogen-bond acceptors (Lipinski definition) is 5. The zero-order chi connectivity index (χ0) is 33.5. The van der Waals surface area contributed by atoms with Gasteiger partial charge in [0, 0.05) is 48.0 Å². The van der Waals surface area contributed by atoms with Gasteiger partial charge in [-0.3, -0.25) is 0 Å². The summed E-state index contributed by atoms with van der Waals surface area (Å²) in [6.45, 7) is 0. The molecule has 238 valence electrons. The molecule has 5 heteroatoms. The lowest BCUT2D eigenvalue weighted by atomic mass is 9.66. The van der Waals surface area contributed by atoms with Gasteiger partial charge in [-0.05, 0) is 58.7 Å². The summed E-state index contributed by atoms with van der Waals surface area (Å²) >= 11 is 1.79. The number of benzene rings is 7. The van der Waals surface area contributed by atoms with Gasteiger partial charge in [-0.15, -0.1) is 11.3 Å². The molecule has 2 aliphatic rings. The average Bonchev–Trinajstić information content (AvgIpc) is 3.70. The van der Waals surface area contributed by atoms with Crippen LogP contribution in [-0.4, -0.2) is 15.0 Å². The molecular formula is C46H27N3OS. The number of para-hydroxylation sites is 1. The summed E-state index contributed by atoms with van der Waals surface area (Å²) in [5.41, 5.74) is 9.79. The lowest BCUT2D eigenvalue weighted by Crippen LogP contribution is -2.32. The molecule has 1 aliphatic heterocycles. The minimum Gasteiger partial charge on any atom is -0.457 e. The van der Waals surface area contributed by atoms with Crippen molar-refractivity contribution in [2.45, 2.75) is 5.41 Å². The first-order valence-electron chi connectivity index (χ1n) is 17.1. The van der Waals surface area contributed by atoms with Crippen LogP contribution in [0.15, 0.2) is 164 Å². The van der Waals surface area contributed by atoms with Crippen molar-refractivity contribution >= 4 is 31.5 Å². The Hall–Kier alpha value is -6.43. The van der Waals surface area contributed by atoms with Crippen LogP contribution in [0.2, 0.25) is 0 Å². The summed E-state index contributed by atoms with van der Waals surface area (Å²) in [7, 11) is 0. The van der Waals surface area contributed by atoms with Crippen LogP contribution >= 0.6 is 11.3 Å². The molecule has 1 aliphatic carbocycles. The van der Waals surface area contributed by atoms with E-state index >= 15 is 0 Å². The number of hydrogen-bond donors (Lipinski definition) is 0. The van der Waals surface area contributed by atoms with E-state index in [1.807, 2.05) is 60.7 Å². The first-order chi connectivity index (χ1) is 25.3. The molecular weight excluding hydrogens is 643 g/mol. The minimum atomic E-state index is -0.513. The number of rotatable bonds is 3. The van der Waals surface area contributed by atoms with E-state index in [1.165, 1.54) is 48.0 Å². The van der Waals surface area contributed by atoms with E-state index in [0.29, 0.717) is 17.5 Å². The fourth-order valence-corrected chi connectivity index (χ4v) is 9.30. The van der Waals surface area contributed by atoms with Gasteiger partial charge < -0.3 is 4.74 Å². The van der Waals surface area contributed by atoms with Crippen LogP contribution in [0.5, 0.6) is 11.5 Å². The molecule has 2 aromatic heterocycles. The molecule has 0 N–H and O–H groups in total. The molecule has 1 spiro atoms. The summed E-state index contributed by atoms with van der Waals surface area (Å²) in [4.78, 5) is 15.0. The van der Waals surface area contributed by atoms with Crippen molar-refractivity contribution in [3.8, 4) is 56.8 Å². The van der Waals surface area contributed by atoms with Crippen molar-refractivity contribution in [2.24, 2.45) is 0 Å². The highest BCUT2D eigenvalue weighted by Crippen LogP contribution is 2.62. The summed E-state index contributed by atoms with van der Waals surface area (Å²) in [5.74, 6) is 3.75. The van der Waals surface area contributed by atoms with E-state index < -0.39 is 5.41 Å². The van der Waals surface area contributed by atoms with Gasteiger partial charge >= 0.3 is 0 Å². The SMILES string of the molecule is c1ccc(-c2nc(-c3ccccc3)nc(-c3ccc4sc5cc6c(cc5c4c3)C3(c4ccccc4O6)c4ccccc4-c4ccccc43)n2)cc1. The van der Waals surface area contributed by atoms with Crippen molar-refractivity contribution < 1.29 is 4.74 Å². The second-order valence-electron chi connectivity index (χ2n) is 13.1. The fraction of sp³-hybridized carbons (Fsp3) is 0.0217. The van der Waals surface area contributed by atoms with Gasteiger partial charge in [-0.1, -0.05) is 127 Å². The van der Waals surface area contributed by atoms with Gasteiger partial charge in [-0.25, -0.2) is 15.0 Å². The first-order valence-corrected chi connectivity index (χ1v) is 17.9. The maximum Gasteiger partial charge on any atom is 0.164 e. The normalized spacial score (nSPS) is 13.4. The minimum absolute atomic E-state index is 0.513. The molecule has 3 heterocycles. The zero-order valence-corrected chi connectivity index (χ0v) is 28.1. The van der Waals surface area contributed by atoms with Crippen LogP contribution in [0, 0.1) is 0 Å². The molecule has 0 fully saturated rings. The molecule has 0 bridgehead atoms. The van der Waals surface area contributed by atoms with Crippen LogP contribution in [-0.2, 0) is 5.41 Å². The molecule has 0 atom stereocenters. The molecule has 0 amide bonds. The second kappa shape index (κ2) is 10.8. The maximum absolute atomic E-state index is 6.78. The maximum atomic E-state index is 6.78. The molecule has 7 aromatic carbocycles. The summed E-state index contributed by atoms with van der Waals surface area (Å²) < 4.78 is 9.17.